The van der Waals surface area contributed by atoms with E-state index < -0.39 is 35.4 Å². The number of para-hydroxylation sites is 1. The molecular weight excluding hydrogens is 923 g/mol. The molecule has 1 saturated heterocycles. The molecule has 1 aliphatic rings. The number of nitrogens with zero attached hydrogens (tertiary/aromatic N) is 4. The number of H-pyrrole nitrogens is 1. The van der Waals surface area contributed by atoms with Gasteiger partial charge >= 0.3 is 23.4 Å². The minimum absolute atomic E-state index is 0.0376. The van der Waals surface area contributed by atoms with E-state index in [2.05, 4.69) is 46.5 Å². The second-order valence-electron chi connectivity index (χ2n) is 16.1. The van der Waals surface area contributed by atoms with Crippen molar-refractivity contribution in [3.05, 3.63) is 147 Å². The summed E-state index contributed by atoms with van der Waals surface area (Å²) >= 11 is 5.36. The van der Waals surface area contributed by atoms with Gasteiger partial charge < -0.3 is 56.3 Å². The molecule has 0 radical (unpaired) electrons. The molecular formula is C48H46N11O10S+. The topological polar surface area (TPSA) is 295 Å². The Morgan fingerprint density at radius 3 is 2.36 bits per heavy atom. The average Bonchev–Trinajstić information content (AvgIpc) is 3.37. The summed E-state index contributed by atoms with van der Waals surface area (Å²) in [5, 5.41) is 24.3. The summed E-state index contributed by atoms with van der Waals surface area (Å²) in [7, 11) is 0. The van der Waals surface area contributed by atoms with E-state index in [0.717, 1.165) is 11.1 Å². The number of nitrogens with two attached hydrogens (primary N) is 1. The molecule has 1 aliphatic heterocycles. The van der Waals surface area contributed by atoms with Gasteiger partial charge in [-0.05, 0) is 78.8 Å². The van der Waals surface area contributed by atoms with Crippen LogP contribution in [0.3, 0.4) is 0 Å². The third kappa shape index (κ3) is 11.6. The average molecular weight is 969 g/mol. The maximum atomic E-state index is 13.4. The van der Waals surface area contributed by atoms with Crippen molar-refractivity contribution in [3.63, 3.8) is 0 Å². The van der Waals surface area contributed by atoms with Crippen LogP contribution in [0, 0.1) is 0 Å². The molecule has 0 aliphatic carbocycles. The Kier molecular flexibility index (Phi) is 14.8. The number of rotatable bonds is 17. The van der Waals surface area contributed by atoms with Crippen LogP contribution in [0.1, 0.15) is 39.3 Å². The summed E-state index contributed by atoms with van der Waals surface area (Å²) in [5.41, 5.74) is 9.16. The second-order valence-corrected chi connectivity index (χ2v) is 16.5. The van der Waals surface area contributed by atoms with Gasteiger partial charge in [0.05, 0.1) is 55.3 Å². The predicted octanol–water partition coefficient (Wildman–Crippen LogP) is 3.86. The van der Waals surface area contributed by atoms with E-state index >= 15 is 0 Å². The highest BCUT2D eigenvalue weighted by Crippen LogP contribution is 2.33. The number of hydrogen-bond donors (Lipinski definition) is 8. The van der Waals surface area contributed by atoms with Crippen LogP contribution in [0.4, 0.5) is 23.2 Å². The quantitative estimate of drug-likeness (QED) is 0.0278. The zero-order valence-electron chi connectivity index (χ0n) is 37.2. The maximum Gasteiger partial charge on any atom is 0.342 e. The number of benzene rings is 4. The molecule has 1 fully saturated rings. The number of nitrogens with one attached hydrogen (secondary N) is 6. The molecule has 0 bridgehead atoms. The lowest BCUT2D eigenvalue weighted by atomic mass is 10.0. The smallest absolute Gasteiger partial charge is 0.342 e. The van der Waals surface area contributed by atoms with Crippen LogP contribution in [-0.2, 0) is 25.6 Å². The number of ether oxygens (including phenoxy) is 2. The largest absolute Gasteiger partial charge is 0.480 e. The van der Waals surface area contributed by atoms with Gasteiger partial charge in [0, 0.05) is 28.9 Å². The standard InChI is InChI=1S/C48H45N11O10S/c49-47-57-42-40(44(63)58-47)54-33(25-51-42)24-50-31-13-9-29(10-14-31)43(62)56-36(45(64)65)17-18-38(61)52-26-53-48(70)55-32-15-11-30(12-16-32)46(66)68-27-59(19-21-67-22-20-59)39-23-37(60)35-8-4-7-34(41(35)69-39)28-5-2-1-3-6-28/h1-16,23,25,36H,17-22,24,26-27H2,(H8-,49,50,51,52,53,55,56,57,58,61,62,63,64,65,66,70)/p+1. The highest BCUT2D eigenvalue weighted by atomic mass is 32.1. The van der Waals surface area contributed by atoms with Crippen molar-refractivity contribution in [2.45, 2.75) is 25.4 Å². The number of anilines is 3. The van der Waals surface area contributed by atoms with Crippen molar-refractivity contribution in [2.75, 3.05) is 56.1 Å². The molecule has 2 amide bonds. The minimum Gasteiger partial charge on any atom is -0.480 e. The number of amides is 2. The van der Waals surface area contributed by atoms with Crippen LogP contribution in [-0.4, -0.2) is 99.7 Å². The first-order valence-corrected chi connectivity index (χ1v) is 22.3. The number of carboxylic acids is 1. The van der Waals surface area contributed by atoms with Crippen molar-refractivity contribution in [1.82, 2.24) is 40.4 Å². The minimum atomic E-state index is -1.35. The van der Waals surface area contributed by atoms with Crippen LogP contribution in [0.2, 0.25) is 0 Å². The van der Waals surface area contributed by atoms with Gasteiger partial charge in [-0.2, -0.15) is 4.98 Å². The number of nitrogen functional groups attached to an aromatic ring is 1. The number of hydrogen-bond acceptors (Lipinski definition) is 15. The Balaban J connectivity index is 0.771. The van der Waals surface area contributed by atoms with Crippen molar-refractivity contribution < 1.29 is 38.2 Å². The van der Waals surface area contributed by atoms with Gasteiger partial charge in [-0.25, -0.2) is 24.0 Å². The van der Waals surface area contributed by atoms with Gasteiger partial charge in [0.2, 0.25) is 18.6 Å². The molecule has 22 heteroatoms. The van der Waals surface area contributed by atoms with Gasteiger partial charge in [-0.3, -0.25) is 19.2 Å². The summed E-state index contributed by atoms with van der Waals surface area (Å²) < 4.78 is 18.1. The number of aliphatic carboxylic acids is 1. The van der Waals surface area contributed by atoms with Crippen molar-refractivity contribution in [3.8, 4) is 11.1 Å². The summed E-state index contributed by atoms with van der Waals surface area (Å²) in [4.78, 5) is 91.2. The summed E-state index contributed by atoms with van der Waals surface area (Å²) in [5.74, 6) is -2.74. The van der Waals surface area contributed by atoms with E-state index in [0.29, 0.717) is 60.2 Å². The van der Waals surface area contributed by atoms with Crippen molar-refractivity contribution in [1.29, 1.82) is 0 Å². The number of carbonyl (C=O) groups is 4. The molecule has 4 heterocycles. The second kappa shape index (κ2) is 21.6. The van der Waals surface area contributed by atoms with E-state index in [4.69, 9.17) is 31.8 Å². The molecule has 21 nitrogen and oxygen atoms in total. The third-order valence-electron chi connectivity index (χ3n) is 11.4. The monoisotopic (exact) mass is 968 g/mol. The Hall–Kier alpha value is -8.60. The third-order valence-corrected chi connectivity index (χ3v) is 11.6. The first kappa shape index (κ1) is 47.9. The van der Waals surface area contributed by atoms with Gasteiger partial charge in [-0.15, -0.1) is 0 Å². The highest BCUT2D eigenvalue weighted by molar-refractivity contribution is 7.80. The van der Waals surface area contributed by atoms with Crippen molar-refractivity contribution in [2.24, 2.45) is 0 Å². The molecule has 9 N–H and O–H groups in total. The molecule has 0 saturated carbocycles. The Morgan fingerprint density at radius 1 is 0.886 bits per heavy atom. The lowest BCUT2D eigenvalue weighted by molar-refractivity contribution is -0.139. The first-order valence-electron chi connectivity index (χ1n) is 21.9. The normalized spacial score (nSPS) is 13.4. The maximum absolute atomic E-state index is 13.4. The Morgan fingerprint density at radius 2 is 1.61 bits per heavy atom. The number of quaternary nitrogens is 1. The van der Waals surface area contributed by atoms with Crippen LogP contribution < -0.4 is 47.8 Å². The predicted molar refractivity (Wildman–Crippen MR) is 264 cm³/mol. The fourth-order valence-electron chi connectivity index (χ4n) is 7.56. The SMILES string of the molecule is Nc1nc(=O)c2nc(CNc3ccc(C(=O)NC(CCC(=O)NCNC(=S)Nc4ccc(C(=O)OC[N+]5(c6cc(=O)c7cccc(-c8ccccc8)c7o6)CCOCC5)cc4)C(=O)O)cc3)cnc2[nH]1. The fourth-order valence-corrected chi connectivity index (χ4v) is 7.75. The Bertz CT molecular complexity index is 3200. The van der Waals surface area contributed by atoms with Crippen molar-refractivity contribution >= 4 is 86.4 Å². The van der Waals surface area contributed by atoms with Gasteiger partial charge in [0.25, 0.3) is 5.91 Å². The number of esters is 1. The zero-order chi connectivity index (χ0) is 49.2. The molecule has 3 aromatic heterocycles. The van der Waals surface area contributed by atoms with Gasteiger partial charge in [0.15, 0.2) is 27.3 Å². The van der Waals surface area contributed by atoms with Crippen LogP contribution >= 0.6 is 12.2 Å². The first-order chi connectivity index (χ1) is 33.8. The number of morpholine rings is 1. The van der Waals surface area contributed by atoms with Crippen LogP contribution in [0.25, 0.3) is 33.3 Å². The fraction of sp³-hybridized carbons (Fsp3) is 0.208. The molecule has 0 spiro atoms. The zero-order valence-corrected chi connectivity index (χ0v) is 38.0. The number of aromatic nitrogens is 4. The number of carboxylic acid groups (broad SMARTS) is 1. The van der Waals surface area contributed by atoms with Crippen LogP contribution in [0.5, 0.6) is 0 Å². The molecule has 358 valence electrons. The number of thiocarbonyl (C=S) groups is 1. The van der Waals surface area contributed by atoms with E-state index in [-0.39, 0.29) is 76.0 Å². The van der Waals surface area contributed by atoms with E-state index in [1.54, 1.807) is 42.5 Å². The molecule has 4 aromatic carbocycles. The molecule has 70 heavy (non-hydrogen) atoms. The van der Waals surface area contributed by atoms with Crippen LogP contribution in [0.15, 0.2) is 123 Å². The number of fused-ring (bicyclic) bond motifs is 2. The lowest BCUT2D eigenvalue weighted by Gasteiger charge is -2.37. The highest BCUT2D eigenvalue weighted by Gasteiger charge is 2.38. The summed E-state index contributed by atoms with van der Waals surface area (Å²) in [6, 6.07) is 27.8. The molecule has 1 atom stereocenters. The number of carbonyl (C=O) groups excluding carboxylic acids is 3. The van der Waals surface area contributed by atoms with Gasteiger partial charge in [-0.1, -0.05) is 42.5 Å². The molecule has 7 aromatic rings. The molecule has 1 unspecified atom stereocenters. The van der Waals surface area contributed by atoms with Gasteiger partial charge in [0.1, 0.15) is 19.1 Å². The molecule has 8 rings (SSSR count). The number of aromatic amines is 1. The lowest BCUT2D eigenvalue weighted by Crippen LogP contribution is -2.58. The Labute approximate surface area is 403 Å². The van der Waals surface area contributed by atoms with E-state index in [9.17, 15) is 33.9 Å². The summed E-state index contributed by atoms with van der Waals surface area (Å²) in [6.45, 7) is 1.57. The van der Waals surface area contributed by atoms with E-state index in [1.165, 1.54) is 24.4 Å². The summed E-state index contributed by atoms with van der Waals surface area (Å²) in [6.07, 6.45) is 1.06. The van der Waals surface area contributed by atoms with E-state index in [1.807, 2.05) is 42.5 Å².